The van der Waals surface area contributed by atoms with Gasteiger partial charge in [0.2, 0.25) is 0 Å². The van der Waals surface area contributed by atoms with Crippen LogP contribution in [0.2, 0.25) is 0 Å². The summed E-state index contributed by atoms with van der Waals surface area (Å²) in [5, 5.41) is 9.29. The lowest BCUT2D eigenvalue weighted by Crippen LogP contribution is -2.04. The van der Waals surface area contributed by atoms with Gasteiger partial charge in [0.25, 0.3) is 10.1 Å². The first-order valence-electron chi connectivity index (χ1n) is 11.3. The molecule has 0 aliphatic heterocycles. The third-order valence-corrected chi connectivity index (χ3v) is 7.24. The Bertz CT molecular complexity index is 716. The van der Waals surface area contributed by atoms with Crippen LogP contribution >= 0.6 is 11.8 Å². The van der Waals surface area contributed by atoms with E-state index in [1.54, 1.807) is 0 Å². The van der Waals surface area contributed by atoms with E-state index in [0.29, 0.717) is 4.90 Å². The normalized spacial score (nSPS) is 11.7. The molecule has 172 valence electrons. The third-order valence-electron chi connectivity index (χ3n) is 5.23. The number of hydrogen-bond donors (Lipinski definition) is 2. The molecule has 5 nitrogen and oxygen atoms in total. The van der Waals surface area contributed by atoms with E-state index in [9.17, 15) is 18.3 Å². The maximum atomic E-state index is 11.4. The number of carboxylic acid groups (broad SMARTS) is 1. The molecular weight excluding hydrogens is 420 g/mol. The summed E-state index contributed by atoms with van der Waals surface area (Å²) in [6.07, 6.45) is 18.1. The number of hydrogen-bond acceptors (Lipinski definition) is 4. The number of unbranched alkanes of at least 4 members (excludes halogenated alkanes) is 13. The van der Waals surface area contributed by atoms with Gasteiger partial charge in [0, 0.05) is 4.90 Å². The van der Waals surface area contributed by atoms with Gasteiger partial charge in [-0.1, -0.05) is 90.4 Å². The van der Waals surface area contributed by atoms with Crippen molar-refractivity contribution >= 4 is 27.8 Å². The summed E-state index contributed by atoms with van der Waals surface area (Å²) in [5.74, 6) is -0.396. The van der Waals surface area contributed by atoms with Crippen LogP contribution in [0.25, 0.3) is 0 Å². The standard InChI is InChI=1S/C23H38O5S2/c1-2-3-4-5-6-7-8-9-10-11-12-13-14-15-18-29-22-17-16-20(30(26,27)28)19-21(22)23(24)25/h16-17,19H,2-15,18H2,1H3,(H,24,25)(H,26,27,28). The number of rotatable bonds is 18. The average Bonchev–Trinajstić information content (AvgIpc) is 2.70. The molecule has 0 bridgehead atoms. The zero-order chi connectivity index (χ0) is 22.2. The molecule has 0 aliphatic carbocycles. The first-order chi connectivity index (χ1) is 14.4. The van der Waals surface area contributed by atoms with Gasteiger partial charge in [-0.3, -0.25) is 4.55 Å². The summed E-state index contributed by atoms with van der Waals surface area (Å²) in [6, 6.07) is 3.72. The average molecular weight is 459 g/mol. The van der Waals surface area contributed by atoms with Gasteiger partial charge in [0.15, 0.2) is 0 Å². The molecule has 1 aromatic rings. The lowest BCUT2D eigenvalue weighted by Gasteiger charge is -2.08. The fraction of sp³-hybridized carbons (Fsp3) is 0.696. The van der Waals surface area contributed by atoms with Crippen molar-refractivity contribution in [2.24, 2.45) is 0 Å². The Morgan fingerprint density at radius 2 is 1.30 bits per heavy atom. The minimum Gasteiger partial charge on any atom is -0.478 e. The van der Waals surface area contributed by atoms with Crippen molar-refractivity contribution in [1.29, 1.82) is 0 Å². The Balaban J connectivity index is 2.10. The summed E-state index contributed by atoms with van der Waals surface area (Å²) in [4.78, 5) is 11.5. The second kappa shape index (κ2) is 15.7. The second-order valence-electron chi connectivity index (χ2n) is 7.88. The Hall–Kier alpha value is -1.05. The molecule has 0 atom stereocenters. The fourth-order valence-corrected chi connectivity index (χ4v) is 4.98. The van der Waals surface area contributed by atoms with Gasteiger partial charge in [0.05, 0.1) is 10.5 Å². The molecule has 0 saturated heterocycles. The molecule has 0 saturated carbocycles. The predicted octanol–water partition coefficient (Wildman–Crippen LogP) is 7.20. The smallest absolute Gasteiger partial charge is 0.336 e. The SMILES string of the molecule is CCCCCCCCCCCCCCCCSc1ccc(S(=O)(=O)O)cc1C(=O)O. The van der Waals surface area contributed by atoms with Crippen LogP contribution in [0.5, 0.6) is 0 Å². The van der Waals surface area contributed by atoms with Crippen LogP contribution < -0.4 is 0 Å². The molecule has 1 aromatic carbocycles. The van der Waals surface area contributed by atoms with Crippen molar-refractivity contribution in [3.8, 4) is 0 Å². The monoisotopic (exact) mass is 458 g/mol. The maximum Gasteiger partial charge on any atom is 0.336 e. The lowest BCUT2D eigenvalue weighted by atomic mass is 10.0. The van der Waals surface area contributed by atoms with Crippen molar-refractivity contribution in [3.05, 3.63) is 23.8 Å². The van der Waals surface area contributed by atoms with Crippen molar-refractivity contribution in [3.63, 3.8) is 0 Å². The van der Waals surface area contributed by atoms with Crippen molar-refractivity contribution in [2.45, 2.75) is 107 Å². The molecule has 0 aromatic heterocycles. The van der Waals surface area contributed by atoms with Gasteiger partial charge in [-0.05, 0) is 30.4 Å². The summed E-state index contributed by atoms with van der Waals surface area (Å²) in [6.45, 7) is 2.25. The van der Waals surface area contributed by atoms with Gasteiger partial charge in [-0.2, -0.15) is 8.42 Å². The summed E-state index contributed by atoms with van der Waals surface area (Å²) >= 11 is 1.42. The molecule has 7 heteroatoms. The summed E-state index contributed by atoms with van der Waals surface area (Å²) < 4.78 is 31.4. The van der Waals surface area contributed by atoms with Crippen molar-refractivity contribution in [2.75, 3.05) is 5.75 Å². The first kappa shape index (κ1) is 27.0. The molecule has 0 unspecified atom stereocenters. The molecule has 0 aliphatic rings. The van der Waals surface area contributed by atoms with E-state index in [-0.39, 0.29) is 10.5 Å². The van der Waals surface area contributed by atoms with Gasteiger partial charge < -0.3 is 5.11 Å². The van der Waals surface area contributed by atoms with E-state index in [1.165, 1.54) is 101 Å². The van der Waals surface area contributed by atoms with Gasteiger partial charge in [-0.15, -0.1) is 11.8 Å². The van der Waals surface area contributed by atoms with E-state index in [4.69, 9.17) is 4.55 Å². The van der Waals surface area contributed by atoms with Gasteiger partial charge in [-0.25, -0.2) is 4.79 Å². The predicted molar refractivity (Wildman–Crippen MR) is 124 cm³/mol. The Morgan fingerprint density at radius 3 is 1.73 bits per heavy atom. The zero-order valence-electron chi connectivity index (χ0n) is 18.3. The highest BCUT2D eigenvalue weighted by atomic mass is 32.2. The molecule has 30 heavy (non-hydrogen) atoms. The minimum absolute atomic E-state index is 0.0829. The molecule has 1 rings (SSSR count). The third kappa shape index (κ3) is 12.0. The first-order valence-corrected chi connectivity index (χ1v) is 13.8. The highest BCUT2D eigenvalue weighted by molar-refractivity contribution is 7.99. The van der Waals surface area contributed by atoms with E-state index >= 15 is 0 Å². The molecular formula is C23H38O5S2. The van der Waals surface area contributed by atoms with Crippen LogP contribution in [-0.2, 0) is 10.1 Å². The molecule has 2 N–H and O–H groups in total. The Morgan fingerprint density at radius 1 is 0.833 bits per heavy atom. The quantitative estimate of drug-likeness (QED) is 0.137. The molecule has 0 fully saturated rings. The van der Waals surface area contributed by atoms with E-state index in [0.717, 1.165) is 24.7 Å². The Labute approximate surface area is 186 Å². The van der Waals surface area contributed by atoms with Crippen molar-refractivity contribution < 1.29 is 22.9 Å². The second-order valence-corrected chi connectivity index (χ2v) is 10.4. The maximum absolute atomic E-state index is 11.4. The summed E-state index contributed by atoms with van der Waals surface area (Å²) in [5.41, 5.74) is -0.0829. The zero-order valence-corrected chi connectivity index (χ0v) is 19.9. The fourth-order valence-electron chi connectivity index (χ4n) is 3.44. The van der Waals surface area contributed by atoms with Crippen LogP contribution in [0.4, 0.5) is 0 Å². The largest absolute Gasteiger partial charge is 0.478 e. The molecule has 0 heterocycles. The minimum atomic E-state index is -4.40. The van der Waals surface area contributed by atoms with E-state index in [2.05, 4.69) is 6.92 Å². The number of carbonyl (C=O) groups is 1. The number of benzene rings is 1. The molecule has 0 spiro atoms. The topological polar surface area (TPSA) is 91.7 Å². The number of carboxylic acids is 1. The Kier molecular flexibility index (Phi) is 14.1. The lowest BCUT2D eigenvalue weighted by molar-refractivity contribution is 0.0693. The number of aromatic carboxylic acids is 1. The summed E-state index contributed by atoms with van der Waals surface area (Å²) in [7, 11) is -4.40. The van der Waals surface area contributed by atoms with Crippen LogP contribution in [0, 0.1) is 0 Å². The highest BCUT2D eigenvalue weighted by Crippen LogP contribution is 2.27. The van der Waals surface area contributed by atoms with Crippen LogP contribution in [0.1, 0.15) is 107 Å². The molecule has 0 radical (unpaired) electrons. The van der Waals surface area contributed by atoms with E-state index < -0.39 is 16.1 Å². The number of thioether (sulfide) groups is 1. The van der Waals surface area contributed by atoms with Crippen LogP contribution in [0.3, 0.4) is 0 Å². The van der Waals surface area contributed by atoms with Gasteiger partial charge in [0.1, 0.15) is 0 Å². The highest BCUT2D eigenvalue weighted by Gasteiger charge is 2.17. The molecule has 0 amide bonds. The van der Waals surface area contributed by atoms with E-state index in [1.807, 2.05) is 0 Å². The van der Waals surface area contributed by atoms with Crippen LogP contribution in [0.15, 0.2) is 28.0 Å². The van der Waals surface area contributed by atoms with Crippen LogP contribution in [-0.4, -0.2) is 29.8 Å². The van der Waals surface area contributed by atoms with Gasteiger partial charge >= 0.3 is 5.97 Å². The van der Waals surface area contributed by atoms with Crippen molar-refractivity contribution in [1.82, 2.24) is 0 Å².